The van der Waals surface area contributed by atoms with Crippen molar-refractivity contribution in [3.63, 3.8) is 0 Å². The molecule has 0 bridgehead atoms. The van der Waals surface area contributed by atoms with Gasteiger partial charge in [0.25, 0.3) is 0 Å². The highest BCUT2D eigenvalue weighted by molar-refractivity contribution is 7.10. The highest BCUT2D eigenvalue weighted by Gasteiger charge is 2.09. The Labute approximate surface area is 103 Å². The third-order valence-electron chi connectivity index (χ3n) is 2.23. The van der Waals surface area contributed by atoms with Gasteiger partial charge in [-0.05, 0) is 29.6 Å². The SMILES string of the molecule is Nc1cc(C(=O)Cc2cccs2)ccc1Cl. The van der Waals surface area contributed by atoms with E-state index < -0.39 is 0 Å². The summed E-state index contributed by atoms with van der Waals surface area (Å²) < 4.78 is 0. The molecule has 0 atom stereocenters. The van der Waals surface area contributed by atoms with Crippen LogP contribution in [0.5, 0.6) is 0 Å². The number of nitrogens with two attached hydrogens (primary N) is 1. The van der Waals surface area contributed by atoms with Crippen molar-refractivity contribution in [2.75, 3.05) is 5.73 Å². The zero-order chi connectivity index (χ0) is 11.5. The van der Waals surface area contributed by atoms with E-state index in [0.29, 0.717) is 22.7 Å². The van der Waals surface area contributed by atoms with Crippen molar-refractivity contribution in [1.82, 2.24) is 0 Å². The lowest BCUT2D eigenvalue weighted by molar-refractivity contribution is 0.0994. The minimum absolute atomic E-state index is 0.0609. The quantitative estimate of drug-likeness (QED) is 0.671. The van der Waals surface area contributed by atoms with Gasteiger partial charge in [0.2, 0.25) is 0 Å². The maximum absolute atomic E-state index is 11.9. The topological polar surface area (TPSA) is 43.1 Å². The zero-order valence-electron chi connectivity index (χ0n) is 8.44. The van der Waals surface area contributed by atoms with Gasteiger partial charge in [-0.25, -0.2) is 0 Å². The van der Waals surface area contributed by atoms with E-state index in [1.807, 2.05) is 17.5 Å². The summed E-state index contributed by atoms with van der Waals surface area (Å²) in [5, 5.41) is 2.44. The number of rotatable bonds is 3. The monoisotopic (exact) mass is 251 g/mol. The summed E-state index contributed by atoms with van der Waals surface area (Å²) in [6.07, 6.45) is 0.415. The van der Waals surface area contributed by atoms with E-state index in [2.05, 4.69) is 0 Å². The molecule has 2 aromatic rings. The summed E-state index contributed by atoms with van der Waals surface area (Å²) in [4.78, 5) is 12.9. The predicted octanol–water partition coefficient (Wildman–Crippen LogP) is 3.41. The molecule has 0 saturated heterocycles. The summed E-state index contributed by atoms with van der Waals surface area (Å²) in [6.45, 7) is 0. The number of ketones is 1. The number of Topliss-reactive ketones (excluding diaryl/α,β-unsaturated/α-hetero) is 1. The van der Waals surface area contributed by atoms with Crippen LogP contribution < -0.4 is 5.73 Å². The van der Waals surface area contributed by atoms with Crippen LogP contribution in [0.4, 0.5) is 5.69 Å². The Morgan fingerprint density at radius 3 is 2.81 bits per heavy atom. The number of hydrogen-bond donors (Lipinski definition) is 1. The van der Waals surface area contributed by atoms with Gasteiger partial charge in [0, 0.05) is 16.9 Å². The van der Waals surface area contributed by atoms with E-state index >= 15 is 0 Å². The van der Waals surface area contributed by atoms with Crippen molar-refractivity contribution in [3.05, 3.63) is 51.2 Å². The second-order valence-electron chi connectivity index (χ2n) is 3.42. The van der Waals surface area contributed by atoms with E-state index in [1.54, 1.807) is 29.5 Å². The molecule has 2 rings (SSSR count). The molecule has 0 spiro atoms. The molecular weight excluding hydrogens is 242 g/mol. The van der Waals surface area contributed by atoms with Crippen molar-refractivity contribution in [2.45, 2.75) is 6.42 Å². The molecule has 1 aromatic carbocycles. The third kappa shape index (κ3) is 2.43. The number of hydrogen-bond acceptors (Lipinski definition) is 3. The maximum atomic E-state index is 11.9. The van der Waals surface area contributed by atoms with Crippen molar-refractivity contribution >= 4 is 34.4 Å². The average Bonchev–Trinajstić information content (AvgIpc) is 2.74. The molecule has 0 unspecified atom stereocenters. The molecule has 0 fully saturated rings. The summed E-state index contributed by atoms with van der Waals surface area (Å²) in [5.74, 6) is 0.0609. The average molecular weight is 252 g/mol. The first-order chi connectivity index (χ1) is 7.66. The molecule has 0 saturated carbocycles. The fourth-order valence-electron chi connectivity index (χ4n) is 1.39. The van der Waals surface area contributed by atoms with Crippen LogP contribution in [0.2, 0.25) is 5.02 Å². The molecular formula is C12H10ClNOS. The van der Waals surface area contributed by atoms with Crippen molar-refractivity contribution in [1.29, 1.82) is 0 Å². The molecule has 1 heterocycles. The number of nitrogen functional groups attached to an aromatic ring is 1. The smallest absolute Gasteiger partial charge is 0.168 e. The largest absolute Gasteiger partial charge is 0.398 e. The second kappa shape index (κ2) is 4.68. The molecule has 0 aliphatic heterocycles. The molecule has 0 amide bonds. The van der Waals surface area contributed by atoms with Crippen LogP contribution in [0, 0.1) is 0 Å². The molecule has 0 aliphatic carbocycles. The van der Waals surface area contributed by atoms with Gasteiger partial charge in [0.05, 0.1) is 10.7 Å². The summed E-state index contributed by atoms with van der Waals surface area (Å²) in [5.41, 5.74) is 6.70. The van der Waals surface area contributed by atoms with Crippen LogP contribution >= 0.6 is 22.9 Å². The van der Waals surface area contributed by atoms with Gasteiger partial charge in [-0.3, -0.25) is 4.79 Å². The zero-order valence-corrected chi connectivity index (χ0v) is 10.0. The molecule has 2 N–H and O–H groups in total. The highest BCUT2D eigenvalue weighted by atomic mass is 35.5. The van der Waals surface area contributed by atoms with Gasteiger partial charge >= 0.3 is 0 Å². The molecule has 2 nitrogen and oxygen atoms in total. The number of carbonyl (C=O) groups is 1. The van der Waals surface area contributed by atoms with Gasteiger partial charge in [-0.15, -0.1) is 11.3 Å². The van der Waals surface area contributed by atoms with Crippen molar-refractivity contribution in [3.8, 4) is 0 Å². The molecule has 0 aliphatic rings. The predicted molar refractivity (Wildman–Crippen MR) is 68.2 cm³/mol. The summed E-state index contributed by atoms with van der Waals surface area (Å²) >= 11 is 7.37. The van der Waals surface area contributed by atoms with Crippen LogP contribution in [0.25, 0.3) is 0 Å². The number of benzene rings is 1. The van der Waals surface area contributed by atoms with Crippen LogP contribution in [-0.2, 0) is 6.42 Å². The third-order valence-corrected chi connectivity index (χ3v) is 3.45. The first-order valence-electron chi connectivity index (χ1n) is 4.77. The Morgan fingerprint density at radius 2 is 2.19 bits per heavy atom. The molecule has 82 valence electrons. The van der Waals surface area contributed by atoms with E-state index in [4.69, 9.17) is 17.3 Å². The standard InChI is InChI=1S/C12H10ClNOS/c13-10-4-3-8(6-11(10)14)12(15)7-9-2-1-5-16-9/h1-6H,7,14H2. The number of halogens is 1. The Kier molecular flexibility index (Phi) is 3.27. The Bertz CT molecular complexity index is 508. The van der Waals surface area contributed by atoms with Gasteiger partial charge in [-0.1, -0.05) is 17.7 Å². The highest BCUT2D eigenvalue weighted by Crippen LogP contribution is 2.21. The molecule has 1 aromatic heterocycles. The van der Waals surface area contributed by atoms with Crippen LogP contribution in [-0.4, -0.2) is 5.78 Å². The lowest BCUT2D eigenvalue weighted by Gasteiger charge is -2.02. The number of thiophene rings is 1. The maximum Gasteiger partial charge on any atom is 0.168 e. The van der Waals surface area contributed by atoms with Crippen molar-refractivity contribution in [2.24, 2.45) is 0 Å². The van der Waals surface area contributed by atoms with Crippen LogP contribution in [0.15, 0.2) is 35.7 Å². The Balaban J connectivity index is 2.18. The van der Waals surface area contributed by atoms with Gasteiger partial charge < -0.3 is 5.73 Å². The van der Waals surface area contributed by atoms with E-state index in [1.165, 1.54) is 0 Å². The lowest BCUT2D eigenvalue weighted by Crippen LogP contribution is -2.03. The van der Waals surface area contributed by atoms with Crippen molar-refractivity contribution < 1.29 is 4.79 Å². The summed E-state index contributed by atoms with van der Waals surface area (Å²) in [7, 11) is 0. The van der Waals surface area contributed by atoms with E-state index in [0.717, 1.165) is 4.88 Å². The summed E-state index contributed by atoms with van der Waals surface area (Å²) in [6, 6.07) is 8.86. The van der Waals surface area contributed by atoms with E-state index in [-0.39, 0.29) is 5.78 Å². The van der Waals surface area contributed by atoms with Gasteiger partial charge in [-0.2, -0.15) is 0 Å². The fraction of sp³-hybridized carbons (Fsp3) is 0.0833. The normalized spacial score (nSPS) is 10.3. The minimum Gasteiger partial charge on any atom is -0.398 e. The Hall–Kier alpha value is -1.32. The van der Waals surface area contributed by atoms with Gasteiger partial charge in [0.1, 0.15) is 0 Å². The van der Waals surface area contributed by atoms with Crippen LogP contribution in [0.3, 0.4) is 0 Å². The fourth-order valence-corrected chi connectivity index (χ4v) is 2.21. The minimum atomic E-state index is 0.0609. The first kappa shape index (κ1) is 11.2. The second-order valence-corrected chi connectivity index (χ2v) is 4.86. The molecule has 16 heavy (non-hydrogen) atoms. The molecule has 4 heteroatoms. The van der Waals surface area contributed by atoms with E-state index in [9.17, 15) is 4.79 Å². The first-order valence-corrected chi connectivity index (χ1v) is 6.03. The number of anilines is 1. The lowest BCUT2D eigenvalue weighted by atomic mass is 10.1. The van der Waals surface area contributed by atoms with Gasteiger partial charge in [0.15, 0.2) is 5.78 Å². The number of carbonyl (C=O) groups excluding carboxylic acids is 1. The molecule has 0 radical (unpaired) electrons. The Morgan fingerprint density at radius 1 is 1.38 bits per heavy atom. The van der Waals surface area contributed by atoms with Crippen LogP contribution in [0.1, 0.15) is 15.2 Å².